The first-order valence-electron chi connectivity index (χ1n) is 22.9. The van der Waals surface area contributed by atoms with Gasteiger partial charge in [-0.1, -0.05) is 39.5 Å². The van der Waals surface area contributed by atoms with Gasteiger partial charge < -0.3 is 44.4 Å². The molecule has 6 aliphatic rings. The monoisotopic (exact) mass is 896 g/mol. The van der Waals surface area contributed by atoms with Gasteiger partial charge in [0.1, 0.15) is 41.8 Å². The maximum absolute atomic E-state index is 13.0. The van der Waals surface area contributed by atoms with Crippen molar-refractivity contribution in [3.8, 4) is 11.9 Å². The van der Waals surface area contributed by atoms with Crippen LogP contribution < -0.4 is 24.9 Å². The zero-order valence-corrected chi connectivity index (χ0v) is 37.7. The van der Waals surface area contributed by atoms with Crippen LogP contribution in [0, 0.1) is 0 Å². The highest BCUT2D eigenvalue weighted by atomic mass is 16.5. The number of carbonyl (C=O) groups excluding carboxylic acids is 3. The third kappa shape index (κ3) is 9.53. The van der Waals surface area contributed by atoms with Gasteiger partial charge in [-0.3, -0.25) is 23.5 Å². The lowest BCUT2D eigenvalue weighted by molar-refractivity contribution is -0.120. The van der Waals surface area contributed by atoms with E-state index in [9.17, 15) is 19.2 Å². The van der Waals surface area contributed by atoms with Crippen LogP contribution in [0.2, 0.25) is 0 Å². The van der Waals surface area contributed by atoms with Gasteiger partial charge >= 0.3 is 5.97 Å². The van der Waals surface area contributed by atoms with E-state index in [0.29, 0.717) is 62.0 Å². The van der Waals surface area contributed by atoms with Crippen LogP contribution in [-0.2, 0) is 19.1 Å². The number of nitrogens with zero attached hydrogens (tertiary/aromatic N) is 13. The highest BCUT2D eigenvalue weighted by molar-refractivity contribution is 6.05. The van der Waals surface area contributed by atoms with Gasteiger partial charge in [0, 0.05) is 64.8 Å². The molecule has 0 bridgehead atoms. The van der Waals surface area contributed by atoms with Crippen molar-refractivity contribution in [1.29, 1.82) is 0 Å². The predicted octanol–water partition coefficient (Wildman–Crippen LogP) is 3.11. The molecule has 4 aromatic heterocycles. The summed E-state index contributed by atoms with van der Waals surface area (Å²) in [5, 5.41) is 12.2. The predicted molar refractivity (Wildman–Crippen MR) is 240 cm³/mol. The first-order valence-corrected chi connectivity index (χ1v) is 22.9. The molecule has 348 valence electrons. The zero-order valence-electron chi connectivity index (χ0n) is 37.7. The van der Waals surface area contributed by atoms with Crippen molar-refractivity contribution < 1.29 is 33.8 Å². The first kappa shape index (κ1) is 45.5. The Kier molecular flexibility index (Phi) is 14.3. The number of carbonyl (C=O) groups is 4. The number of carboxylic acid groups (broad SMARTS) is 1. The largest absolute Gasteiger partial charge is 0.476 e. The van der Waals surface area contributed by atoms with Gasteiger partial charge in [0.05, 0.1) is 38.8 Å². The summed E-state index contributed by atoms with van der Waals surface area (Å²) in [5.41, 5.74) is 1.70. The second kappa shape index (κ2) is 20.4. The second-order valence-electron chi connectivity index (χ2n) is 17.0. The number of carboxylic acids is 1. The normalized spacial score (nSPS) is 21.4. The van der Waals surface area contributed by atoms with E-state index in [0.717, 1.165) is 88.6 Å². The number of rotatable bonds is 8. The number of nitrogens with one attached hydrogen (secondary N) is 1. The Morgan fingerprint density at radius 1 is 0.677 bits per heavy atom. The average Bonchev–Trinajstić information content (AvgIpc) is 4.21. The fourth-order valence-electron chi connectivity index (χ4n) is 9.53. The van der Waals surface area contributed by atoms with Crippen molar-refractivity contribution in [2.24, 2.45) is 0 Å². The Labute approximate surface area is 378 Å². The van der Waals surface area contributed by atoms with E-state index in [1.165, 1.54) is 29.9 Å². The number of hydrogen-bond donors (Lipinski definition) is 2. The fraction of sp³-hybridized carbons (Fsp3) is 0.591. The SMILES string of the molecule is C1COCCN1.CC[C@@H]1C(=O)N(C)c2cnc(-n3cnc(C(=O)N4CCOCC4)c3)nc2N1C1CCCC1.CC[C@@H]1C(=O)N(C)c2cnc(-n3cnc(C(=O)O)c3)nc2N1C1CCCC1. The molecule has 2 aliphatic carbocycles. The molecule has 0 unspecified atom stereocenters. The van der Waals surface area contributed by atoms with E-state index in [2.05, 4.69) is 35.1 Å². The third-order valence-corrected chi connectivity index (χ3v) is 13.0. The quantitative estimate of drug-likeness (QED) is 0.259. The molecule has 4 aromatic rings. The molecule has 21 nitrogen and oxygen atoms in total. The molecule has 4 fully saturated rings. The zero-order chi connectivity index (χ0) is 45.6. The van der Waals surface area contributed by atoms with Gasteiger partial charge in [-0.25, -0.2) is 24.7 Å². The highest BCUT2D eigenvalue weighted by Crippen LogP contribution is 2.41. The number of hydrogen-bond acceptors (Lipinski definition) is 15. The van der Waals surface area contributed by atoms with Gasteiger partial charge in [0.25, 0.3) is 5.91 Å². The Balaban J connectivity index is 0.000000159. The molecule has 0 aromatic carbocycles. The highest BCUT2D eigenvalue weighted by Gasteiger charge is 2.43. The molecule has 0 spiro atoms. The van der Waals surface area contributed by atoms with E-state index in [1.807, 2.05) is 13.8 Å². The summed E-state index contributed by atoms with van der Waals surface area (Å²) in [6, 6.07) is 0.122. The lowest BCUT2D eigenvalue weighted by atomic mass is 10.0. The van der Waals surface area contributed by atoms with E-state index in [1.54, 1.807) is 58.3 Å². The molecular formula is C44H60N14O7. The average molecular weight is 897 g/mol. The van der Waals surface area contributed by atoms with Crippen LogP contribution in [-0.4, -0.2) is 164 Å². The minimum Gasteiger partial charge on any atom is -0.476 e. The van der Waals surface area contributed by atoms with Crippen molar-refractivity contribution in [3.63, 3.8) is 0 Å². The van der Waals surface area contributed by atoms with Gasteiger partial charge in [0.2, 0.25) is 23.7 Å². The smallest absolute Gasteiger partial charge is 0.356 e. The van der Waals surface area contributed by atoms with E-state index >= 15 is 0 Å². The van der Waals surface area contributed by atoms with Crippen molar-refractivity contribution in [2.45, 2.75) is 102 Å². The van der Waals surface area contributed by atoms with E-state index in [4.69, 9.17) is 24.5 Å². The van der Waals surface area contributed by atoms with Crippen LogP contribution in [0.3, 0.4) is 0 Å². The van der Waals surface area contributed by atoms with Gasteiger partial charge in [-0.15, -0.1) is 0 Å². The van der Waals surface area contributed by atoms with E-state index in [-0.39, 0.29) is 41.5 Å². The Hall–Kier alpha value is -6.06. The maximum atomic E-state index is 13.0. The number of anilines is 4. The number of imidazole rings is 2. The fourth-order valence-corrected chi connectivity index (χ4v) is 9.53. The minimum atomic E-state index is -1.10. The molecule has 8 heterocycles. The molecular weight excluding hydrogens is 837 g/mol. The molecule has 65 heavy (non-hydrogen) atoms. The van der Waals surface area contributed by atoms with E-state index < -0.39 is 5.97 Å². The Morgan fingerprint density at radius 2 is 1.12 bits per heavy atom. The van der Waals surface area contributed by atoms with Crippen LogP contribution in [0.1, 0.15) is 99.0 Å². The number of morpholine rings is 2. The number of likely N-dealkylation sites (N-methyl/N-ethyl adjacent to an activating group) is 2. The molecule has 21 heteroatoms. The molecule has 2 saturated carbocycles. The number of ether oxygens (including phenoxy) is 2. The maximum Gasteiger partial charge on any atom is 0.356 e. The topological polar surface area (TPSA) is 222 Å². The Bertz CT molecular complexity index is 2300. The number of fused-ring (bicyclic) bond motifs is 2. The summed E-state index contributed by atoms with van der Waals surface area (Å²) in [6.45, 7) is 10.1. The first-order chi connectivity index (χ1) is 31.6. The van der Waals surface area contributed by atoms with Crippen LogP contribution in [0.15, 0.2) is 37.4 Å². The third-order valence-electron chi connectivity index (χ3n) is 13.0. The van der Waals surface area contributed by atoms with Gasteiger partial charge in [-0.2, -0.15) is 9.97 Å². The molecule has 10 rings (SSSR count). The molecule has 2 N–H and O–H groups in total. The summed E-state index contributed by atoms with van der Waals surface area (Å²) in [4.78, 5) is 85.8. The van der Waals surface area contributed by atoms with Crippen molar-refractivity contribution in [2.75, 3.05) is 86.3 Å². The lowest BCUT2D eigenvalue weighted by Gasteiger charge is -2.43. The summed E-state index contributed by atoms with van der Waals surface area (Å²) < 4.78 is 13.5. The van der Waals surface area contributed by atoms with Crippen molar-refractivity contribution in [1.82, 2.24) is 49.3 Å². The number of amides is 3. The second-order valence-corrected chi connectivity index (χ2v) is 17.0. The summed E-state index contributed by atoms with van der Waals surface area (Å²) in [5.74, 6) is 1.22. The summed E-state index contributed by atoms with van der Waals surface area (Å²) in [7, 11) is 3.54. The Morgan fingerprint density at radius 3 is 1.52 bits per heavy atom. The van der Waals surface area contributed by atoms with Crippen molar-refractivity contribution >= 4 is 46.7 Å². The summed E-state index contributed by atoms with van der Waals surface area (Å²) in [6.07, 6.45) is 19.6. The molecule has 2 atom stereocenters. The van der Waals surface area contributed by atoms with Gasteiger partial charge in [0.15, 0.2) is 17.3 Å². The van der Waals surface area contributed by atoms with Crippen molar-refractivity contribution in [3.05, 3.63) is 48.8 Å². The number of aromatic carboxylic acids is 1. The van der Waals surface area contributed by atoms with Crippen LogP contribution >= 0.6 is 0 Å². The molecule has 0 radical (unpaired) electrons. The van der Waals surface area contributed by atoms with Crippen LogP contribution in [0.4, 0.5) is 23.0 Å². The minimum absolute atomic E-state index is 0.0593. The molecule has 3 amide bonds. The van der Waals surface area contributed by atoms with Gasteiger partial charge in [-0.05, 0) is 38.5 Å². The van der Waals surface area contributed by atoms with Crippen LogP contribution in [0.5, 0.6) is 0 Å². The lowest BCUT2D eigenvalue weighted by Crippen LogP contribution is -2.55. The molecule has 4 aliphatic heterocycles. The number of aromatic nitrogens is 8. The van der Waals surface area contributed by atoms with Crippen LogP contribution in [0.25, 0.3) is 11.9 Å². The standard InChI is InChI=1S/C22H29N7O3.C18H22N6O3.C4H9NO/c1-3-17-21(31)26(2)18-12-23-22(25-19(18)29(17)15-6-4-5-7-15)28-13-16(24-14-28)20(30)27-8-10-32-11-9-27;1-3-13-16(25)22(2)14-8-19-18(23-9-12(17(26)27)20-10-23)21-15(14)24(13)11-6-4-5-7-11;1-3-6-4-2-5-1/h12-15,17H,3-11H2,1-2H3;8-11,13H,3-7H2,1-2H3,(H,26,27);5H,1-4H2/t17-;13-;/m11./s1. The summed E-state index contributed by atoms with van der Waals surface area (Å²) >= 11 is 0. The molecule has 2 saturated heterocycles.